The van der Waals surface area contributed by atoms with Crippen molar-refractivity contribution >= 4 is 17.5 Å². The summed E-state index contributed by atoms with van der Waals surface area (Å²) < 4.78 is 32.1. The first-order valence-corrected chi connectivity index (χ1v) is 11.1. The summed E-state index contributed by atoms with van der Waals surface area (Å²) in [5.41, 5.74) is 0.516. The predicted molar refractivity (Wildman–Crippen MR) is 120 cm³/mol. The summed E-state index contributed by atoms with van der Waals surface area (Å²) in [6.45, 7) is 5.77. The molecule has 0 saturated heterocycles. The molecule has 0 aliphatic heterocycles. The Labute approximate surface area is 190 Å². The number of ketones is 1. The van der Waals surface area contributed by atoms with Crippen molar-refractivity contribution in [3.63, 3.8) is 0 Å². The van der Waals surface area contributed by atoms with E-state index >= 15 is 0 Å². The lowest BCUT2D eigenvalue weighted by molar-refractivity contribution is 0.102. The molecule has 0 aliphatic carbocycles. The molecule has 2 aromatic carbocycles. The molecule has 1 heterocycles. The van der Waals surface area contributed by atoms with Crippen molar-refractivity contribution < 1.29 is 23.4 Å². The van der Waals surface area contributed by atoms with E-state index < -0.39 is 11.9 Å². The van der Waals surface area contributed by atoms with Crippen LogP contribution in [0.1, 0.15) is 49.1 Å². The third-order valence-corrected chi connectivity index (χ3v) is 5.69. The van der Waals surface area contributed by atoms with E-state index in [-0.39, 0.29) is 23.3 Å². The predicted octanol–water partition coefficient (Wildman–Crippen LogP) is 5.13. The monoisotopic (exact) mass is 459 g/mol. The topological polar surface area (TPSA) is 75.5 Å². The van der Waals surface area contributed by atoms with E-state index in [4.69, 9.17) is 14.2 Å². The number of hydrogen-bond acceptors (Lipinski definition) is 7. The summed E-state index contributed by atoms with van der Waals surface area (Å²) in [6.07, 6.45) is -0.530. The Morgan fingerprint density at radius 3 is 2.41 bits per heavy atom. The largest absolute Gasteiger partial charge is 0.493 e. The Hall–Kier alpha value is -3.07. The second-order valence-electron chi connectivity index (χ2n) is 7.28. The number of carbonyl (C=O) groups is 1. The summed E-state index contributed by atoms with van der Waals surface area (Å²) in [7, 11) is 3.07. The first kappa shape index (κ1) is 23.6. The number of para-hydroxylation sites is 1. The smallest absolute Gasteiger partial charge is 0.192 e. The number of halogens is 1. The molecule has 170 valence electrons. The highest BCUT2D eigenvalue weighted by Gasteiger charge is 2.23. The third-order valence-electron chi connectivity index (χ3n) is 4.75. The highest BCUT2D eigenvalue weighted by Crippen LogP contribution is 2.31. The molecule has 0 radical (unpaired) electrons. The Kier molecular flexibility index (Phi) is 7.74. The molecule has 0 N–H and O–H groups in total. The molecule has 3 rings (SSSR count). The fourth-order valence-corrected chi connectivity index (χ4v) is 4.12. The molecule has 0 fully saturated rings. The number of benzene rings is 2. The Morgan fingerprint density at radius 2 is 1.75 bits per heavy atom. The number of hydrogen-bond donors (Lipinski definition) is 0. The van der Waals surface area contributed by atoms with E-state index in [9.17, 15) is 9.18 Å². The molecule has 0 bridgehead atoms. The van der Waals surface area contributed by atoms with Crippen LogP contribution in [0.3, 0.4) is 0 Å². The number of nitrogens with zero attached hydrogens (tertiary/aromatic N) is 3. The second kappa shape index (κ2) is 10.5. The first-order valence-electron chi connectivity index (χ1n) is 10.1. The minimum absolute atomic E-state index is 0.0188. The van der Waals surface area contributed by atoms with Gasteiger partial charge in [0.25, 0.3) is 0 Å². The summed E-state index contributed by atoms with van der Waals surface area (Å²) in [4.78, 5) is 12.7. The maximum absolute atomic E-state index is 14.0. The lowest BCUT2D eigenvalue weighted by Crippen LogP contribution is -2.15. The summed E-state index contributed by atoms with van der Waals surface area (Å²) >= 11 is 1.29. The Morgan fingerprint density at radius 1 is 1.03 bits per heavy atom. The zero-order valence-corrected chi connectivity index (χ0v) is 19.5. The molecule has 0 spiro atoms. The SMILES string of the molecule is COc1ccc(C(=O)CSc2nnc(C(C)Oc3ccccc3F)n2C(C)C)cc1OC. The van der Waals surface area contributed by atoms with Crippen molar-refractivity contribution in [3.8, 4) is 17.2 Å². The van der Waals surface area contributed by atoms with Gasteiger partial charge in [0, 0.05) is 11.6 Å². The van der Waals surface area contributed by atoms with E-state index in [1.54, 1.807) is 50.4 Å². The quantitative estimate of drug-likeness (QED) is 0.307. The summed E-state index contributed by atoms with van der Waals surface area (Å²) in [6, 6.07) is 11.3. The van der Waals surface area contributed by atoms with Gasteiger partial charge in [-0.25, -0.2) is 4.39 Å². The number of thioether (sulfide) groups is 1. The van der Waals surface area contributed by atoms with Gasteiger partial charge in [0.15, 0.2) is 45.9 Å². The van der Waals surface area contributed by atoms with Gasteiger partial charge in [-0.15, -0.1) is 10.2 Å². The molecule has 32 heavy (non-hydrogen) atoms. The third kappa shape index (κ3) is 5.21. The average molecular weight is 460 g/mol. The fourth-order valence-electron chi connectivity index (χ4n) is 3.16. The lowest BCUT2D eigenvalue weighted by atomic mass is 10.1. The van der Waals surface area contributed by atoms with Crippen LogP contribution in [0.4, 0.5) is 4.39 Å². The van der Waals surface area contributed by atoms with Crippen LogP contribution in [-0.4, -0.2) is 40.5 Å². The molecular formula is C23H26FN3O4S. The number of aromatic nitrogens is 3. The second-order valence-corrected chi connectivity index (χ2v) is 8.22. The van der Waals surface area contributed by atoms with Crippen LogP contribution in [0.25, 0.3) is 0 Å². The van der Waals surface area contributed by atoms with Crippen LogP contribution in [0.2, 0.25) is 0 Å². The van der Waals surface area contributed by atoms with Crippen molar-refractivity contribution in [1.82, 2.24) is 14.8 Å². The van der Waals surface area contributed by atoms with E-state index in [0.717, 1.165) is 0 Å². The van der Waals surface area contributed by atoms with Gasteiger partial charge in [-0.3, -0.25) is 4.79 Å². The maximum Gasteiger partial charge on any atom is 0.192 e. The van der Waals surface area contributed by atoms with Crippen molar-refractivity contribution in [2.24, 2.45) is 0 Å². The van der Waals surface area contributed by atoms with Crippen LogP contribution < -0.4 is 14.2 Å². The van der Waals surface area contributed by atoms with Crippen molar-refractivity contribution in [2.45, 2.75) is 38.1 Å². The van der Waals surface area contributed by atoms with Gasteiger partial charge in [-0.05, 0) is 51.1 Å². The highest BCUT2D eigenvalue weighted by atomic mass is 32.2. The van der Waals surface area contributed by atoms with Gasteiger partial charge in [-0.1, -0.05) is 23.9 Å². The average Bonchev–Trinajstić information content (AvgIpc) is 3.23. The van der Waals surface area contributed by atoms with E-state index in [1.165, 1.54) is 24.9 Å². The van der Waals surface area contributed by atoms with Crippen molar-refractivity contribution in [3.05, 3.63) is 59.7 Å². The molecule has 0 amide bonds. The standard InChI is InChI=1S/C23H26FN3O4S/c1-14(2)27-22(15(3)31-19-9-7-6-8-17(19)24)25-26-23(27)32-13-18(28)16-10-11-20(29-4)21(12-16)30-5/h6-12,14-15H,13H2,1-5H3. The normalized spacial score (nSPS) is 12.0. The number of ether oxygens (including phenoxy) is 3. The van der Waals surface area contributed by atoms with Gasteiger partial charge in [0.1, 0.15) is 0 Å². The first-order chi connectivity index (χ1) is 15.3. The molecule has 0 aliphatic rings. The van der Waals surface area contributed by atoms with Crippen molar-refractivity contribution in [2.75, 3.05) is 20.0 Å². The van der Waals surface area contributed by atoms with Gasteiger partial charge in [0.05, 0.1) is 20.0 Å². The number of rotatable bonds is 10. The van der Waals surface area contributed by atoms with Crippen LogP contribution in [0.5, 0.6) is 17.2 Å². The Balaban J connectivity index is 1.75. The zero-order chi connectivity index (χ0) is 23.3. The lowest BCUT2D eigenvalue weighted by Gasteiger charge is -2.19. The summed E-state index contributed by atoms with van der Waals surface area (Å²) in [5.74, 6) is 1.42. The van der Waals surface area contributed by atoms with Gasteiger partial charge in [0.2, 0.25) is 0 Å². The van der Waals surface area contributed by atoms with E-state index in [1.807, 2.05) is 18.4 Å². The molecule has 0 saturated carbocycles. The molecule has 7 nitrogen and oxygen atoms in total. The van der Waals surface area contributed by atoms with Crippen molar-refractivity contribution in [1.29, 1.82) is 0 Å². The van der Waals surface area contributed by atoms with E-state index in [2.05, 4.69) is 10.2 Å². The van der Waals surface area contributed by atoms with Crippen LogP contribution in [-0.2, 0) is 0 Å². The number of Topliss-reactive ketones (excluding diaryl/α,β-unsaturated/α-hetero) is 1. The fraction of sp³-hybridized carbons (Fsp3) is 0.348. The zero-order valence-electron chi connectivity index (χ0n) is 18.7. The molecule has 1 aromatic heterocycles. The maximum atomic E-state index is 14.0. The molecule has 1 atom stereocenters. The number of carbonyl (C=O) groups excluding carboxylic acids is 1. The van der Waals surface area contributed by atoms with Gasteiger partial charge in [-0.2, -0.15) is 0 Å². The van der Waals surface area contributed by atoms with Gasteiger partial charge < -0.3 is 18.8 Å². The minimum atomic E-state index is -0.530. The minimum Gasteiger partial charge on any atom is -0.493 e. The Bertz CT molecular complexity index is 1090. The highest BCUT2D eigenvalue weighted by molar-refractivity contribution is 7.99. The molecule has 9 heteroatoms. The van der Waals surface area contributed by atoms with Gasteiger partial charge >= 0.3 is 0 Å². The summed E-state index contributed by atoms with van der Waals surface area (Å²) in [5, 5.41) is 9.11. The van der Waals surface area contributed by atoms with E-state index in [0.29, 0.717) is 28.0 Å². The molecule has 1 unspecified atom stereocenters. The molecule has 3 aromatic rings. The number of methoxy groups -OCH3 is 2. The van der Waals surface area contributed by atoms with Crippen LogP contribution in [0, 0.1) is 5.82 Å². The molecular weight excluding hydrogens is 433 g/mol. The van der Waals surface area contributed by atoms with Crippen LogP contribution >= 0.6 is 11.8 Å². The van der Waals surface area contributed by atoms with Crippen LogP contribution in [0.15, 0.2) is 47.6 Å².